The lowest BCUT2D eigenvalue weighted by atomic mass is 10.1. The van der Waals surface area contributed by atoms with E-state index in [9.17, 15) is 10.1 Å². The molecule has 0 aliphatic carbocycles. The van der Waals surface area contributed by atoms with Crippen LogP contribution in [0.15, 0.2) is 54.2 Å². The molecule has 0 atom stereocenters. The molecule has 9 heteroatoms. The lowest BCUT2D eigenvalue weighted by molar-refractivity contribution is -0.384. The minimum Gasteiger partial charge on any atom is -0.338 e. The summed E-state index contributed by atoms with van der Waals surface area (Å²) in [6.45, 7) is 0. The smallest absolute Gasteiger partial charge is 0.270 e. The highest BCUT2D eigenvalue weighted by Crippen LogP contribution is 2.39. The summed E-state index contributed by atoms with van der Waals surface area (Å²) in [4.78, 5) is 20.1. The summed E-state index contributed by atoms with van der Waals surface area (Å²) < 4.78 is 0. The van der Waals surface area contributed by atoms with Crippen molar-refractivity contribution in [3.05, 3.63) is 74.3 Å². The number of thiophene rings is 1. The van der Waals surface area contributed by atoms with Crippen LogP contribution in [0.3, 0.4) is 0 Å². The lowest BCUT2D eigenvalue weighted by Gasteiger charge is -2.10. The standard InChI is InChI=1S/C18H10Cl2N4O2S/c19-11-4-5-14(20)15(7-11)23-17-16-13(8-27-18(16)22-9-21-17)10-2-1-3-12(6-10)24(25)26/h1-9H,(H,21,22,23). The molecular weight excluding hydrogens is 407 g/mol. The lowest BCUT2D eigenvalue weighted by Crippen LogP contribution is -1.96. The van der Waals surface area contributed by atoms with E-state index < -0.39 is 4.92 Å². The molecule has 0 aliphatic heterocycles. The van der Waals surface area contributed by atoms with Crippen LogP contribution < -0.4 is 5.32 Å². The Bertz CT molecular complexity index is 1180. The number of nitrogens with zero attached hydrogens (tertiary/aromatic N) is 3. The summed E-state index contributed by atoms with van der Waals surface area (Å²) in [6.07, 6.45) is 1.46. The number of rotatable bonds is 4. The van der Waals surface area contributed by atoms with Crippen LogP contribution in [0.25, 0.3) is 21.3 Å². The molecule has 2 aromatic heterocycles. The van der Waals surface area contributed by atoms with Gasteiger partial charge in [0.1, 0.15) is 17.0 Å². The van der Waals surface area contributed by atoms with Crippen molar-refractivity contribution >= 4 is 61.9 Å². The minimum absolute atomic E-state index is 0.0242. The molecular formula is C18H10Cl2N4O2S. The van der Waals surface area contributed by atoms with Crippen LogP contribution in [0.2, 0.25) is 10.0 Å². The molecule has 2 heterocycles. The van der Waals surface area contributed by atoms with Crippen molar-refractivity contribution in [3.63, 3.8) is 0 Å². The van der Waals surface area contributed by atoms with E-state index in [1.807, 2.05) is 11.4 Å². The maximum atomic E-state index is 11.1. The summed E-state index contributed by atoms with van der Waals surface area (Å²) in [7, 11) is 0. The maximum Gasteiger partial charge on any atom is 0.270 e. The average molecular weight is 417 g/mol. The van der Waals surface area contributed by atoms with Gasteiger partial charge in [-0.25, -0.2) is 9.97 Å². The number of hydrogen-bond acceptors (Lipinski definition) is 6. The quantitative estimate of drug-likeness (QED) is 0.311. The summed E-state index contributed by atoms with van der Waals surface area (Å²) in [5, 5.41) is 18.0. The van der Waals surface area contributed by atoms with Crippen molar-refractivity contribution in [1.29, 1.82) is 0 Å². The number of fused-ring (bicyclic) bond motifs is 1. The van der Waals surface area contributed by atoms with E-state index >= 15 is 0 Å². The highest BCUT2D eigenvalue weighted by molar-refractivity contribution is 7.17. The Morgan fingerprint density at radius 2 is 1.96 bits per heavy atom. The maximum absolute atomic E-state index is 11.1. The normalized spacial score (nSPS) is 10.9. The highest BCUT2D eigenvalue weighted by atomic mass is 35.5. The zero-order valence-electron chi connectivity index (χ0n) is 13.5. The first kappa shape index (κ1) is 17.7. The predicted octanol–water partition coefficient (Wildman–Crippen LogP) is 6.32. The molecule has 0 fully saturated rings. The van der Waals surface area contributed by atoms with Crippen LogP contribution >= 0.6 is 34.5 Å². The fraction of sp³-hybridized carbons (Fsp3) is 0. The molecule has 2 aromatic carbocycles. The summed E-state index contributed by atoms with van der Waals surface area (Å²) in [5.74, 6) is 0.548. The first-order valence-electron chi connectivity index (χ1n) is 7.72. The molecule has 27 heavy (non-hydrogen) atoms. The van der Waals surface area contributed by atoms with E-state index in [4.69, 9.17) is 23.2 Å². The van der Waals surface area contributed by atoms with E-state index in [1.165, 1.54) is 29.8 Å². The zero-order valence-corrected chi connectivity index (χ0v) is 15.8. The first-order chi connectivity index (χ1) is 13.0. The topological polar surface area (TPSA) is 81.0 Å². The molecule has 1 N–H and O–H groups in total. The van der Waals surface area contributed by atoms with Crippen molar-refractivity contribution in [2.45, 2.75) is 0 Å². The summed E-state index contributed by atoms with van der Waals surface area (Å²) in [6, 6.07) is 11.6. The van der Waals surface area contributed by atoms with Gasteiger partial charge < -0.3 is 5.32 Å². The second-order valence-electron chi connectivity index (χ2n) is 5.61. The number of nitro groups is 1. The molecule has 0 saturated carbocycles. The zero-order chi connectivity index (χ0) is 19.0. The number of non-ortho nitro benzene ring substituents is 1. The number of nitrogens with one attached hydrogen (secondary N) is 1. The van der Waals surface area contributed by atoms with E-state index in [1.54, 1.807) is 24.3 Å². The van der Waals surface area contributed by atoms with Gasteiger partial charge in [-0.15, -0.1) is 11.3 Å². The second kappa shape index (κ2) is 7.11. The van der Waals surface area contributed by atoms with Crippen LogP contribution in [-0.4, -0.2) is 14.9 Å². The molecule has 4 rings (SSSR count). The minimum atomic E-state index is -0.417. The Morgan fingerprint density at radius 3 is 2.78 bits per heavy atom. The molecule has 0 aliphatic rings. The largest absolute Gasteiger partial charge is 0.338 e. The number of aromatic nitrogens is 2. The van der Waals surface area contributed by atoms with Crippen molar-refractivity contribution in [1.82, 2.24) is 9.97 Å². The molecule has 0 bridgehead atoms. The van der Waals surface area contributed by atoms with Gasteiger partial charge in [-0.05, 0) is 23.8 Å². The SMILES string of the molecule is O=[N+]([O-])c1cccc(-c2csc3ncnc(Nc4cc(Cl)ccc4Cl)c23)c1. The molecule has 0 radical (unpaired) electrons. The highest BCUT2D eigenvalue weighted by Gasteiger charge is 2.16. The number of halogens is 2. The van der Waals surface area contributed by atoms with Gasteiger partial charge >= 0.3 is 0 Å². The Hall–Kier alpha value is -2.74. The Kier molecular flexibility index (Phi) is 4.65. The van der Waals surface area contributed by atoms with Crippen LogP contribution in [0.1, 0.15) is 0 Å². The fourth-order valence-corrected chi connectivity index (χ4v) is 3.94. The number of nitro benzene ring substituents is 1. The number of anilines is 2. The second-order valence-corrected chi connectivity index (χ2v) is 7.31. The third kappa shape index (κ3) is 3.44. The van der Waals surface area contributed by atoms with Gasteiger partial charge in [0.05, 0.1) is 21.0 Å². The van der Waals surface area contributed by atoms with Crippen LogP contribution in [0.5, 0.6) is 0 Å². The molecule has 0 spiro atoms. The molecule has 4 aromatic rings. The predicted molar refractivity (Wildman–Crippen MR) is 109 cm³/mol. The Labute approximate surface area is 167 Å². The van der Waals surface area contributed by atoms with Gasteiger partial charge in [0.25, 0.3) is 5.69 Å². The summed E-state index contributed by atoms with van der Waals surface area (Å²) in [5.41, 5.74) is 2.15. The third-order valence-electron chi connectivity index (χ3n) is 3.92. The number of benzene rings is 2. The molecule has 0 unspecified atom stereocenters. The van der Waals surface area contributed by atoms with E-state index in [0.29, 0.717) is 27.1 Å². The van der Waals surface area contributed by atoms with Crippen molar-refractivity contribution < 1.29 is 4.92 Å². The molecule has 134 valence electrons. The average Bonchev–Trinajstić information content (AvgIpc) is 3.10. The third-order valence-corrected chi connectivity index (χ3v) is 5.37. The molecule has 0 saturated heterocycles. The monoisotopic (exact) mass is 416 g/mol. The first-order valence-corrected chi connectivity index (χ1v) is 9.35. The molecule has 0 amide bonds. The van der Waals surface area contributed by atoms with Crippen LogP contribution in [-0.2, 0) is 0 Å². The van der Waals surface area contributed by atoms with Gasteiger partial charge in [0.15, 0.2) is 0 Å². The summed E-state index contributed by atoms with van der Waals surface area (Å²) >= 11 is 13.7. The Morgan fingerprint density at radius 1 is 1.11 bits per heavy atom. The molecule has 6 nitrogen and oxygen atoms in total. The number of hydrogen-bond donors (Lipinski definition) is 1. The van der Waals surface area contributed by atoms with Gasteiger partial charge in [0, 0.05) is 28.1 Å². The van der Waals surface area contributed by atoms with Gasteiger partial charge in [0.2, 0.25) is 0 Å². The van der Waals surface area contributed by atoms with Crippen LogP contribution in [0.4, 0.5) is 17.2 Å². The van der Waals surface area contributed by atoms with Gasteiger partial charge in [-0.2, -0.15) is 0 Å². The van der Waals surface area contributed by atoms with Crippen molar-refractivity contribution in [2.24, 2.45) is 0 Å². The van der Waals surface area contributed by atoms with Crippen LogP contribution in [0, 0.1) is 10.1 Å². The van der Waals surface area contributed by atoms with E-state index in [0.717, 1.165) is 15.8 Å². The Balaban J connectivity index is 1.86. The van der Waals surface area contributed by atoms with Crippen molar-refractivity contribution in [2.75, 3.05) is 5.32 Å². The van der Waals surface area contributed by atoms with Gasteiger partial charge in [-0.3, -0.25) is 10.1 Å². The van der Waals surface area contributed by atoms with Gasteiger partial charge in [-0.1, -0.05) is 35.3 Å². The van der Waals surface area contributed by atoms with E-state index in [-0.39, 0.29) is 5.69 Å². The fourth-order valence-electron chi connectivity index (χ4n) is 2.69. The van der Waals surface area contributed by atoms with Crippen molar-refractivity contribution in [3.8, 4) is 11.1 Å². The van der Waals surface area contributed by atoms with E-state index in [2.05, 4.69) is 15.3 Å².